The topological polar surface area (TPSA) is 42.4 Å². The maximum Gasteiger partial charge on any atom is 0.122 e. The average Bonchev–Trinajstić information content (AvgIpc) is 3.09. The summed E-state index contributed by atoms with van der Waals surface area (Å²) < 4.78 is 5.84. The smallest absolute Gasteiger partial charge is 0.122 e. The Labute approximate surface area is 125 Å². The lowest BCUT2D eigenvalue weighted by molar-refractivity contribution is 0.139. The van der Waals surface area contributed by atoms with Crippen LogP contribution in [0.1, 0.15) is 48.7 Å². The van der Waals surface area contributed by atoms with Gasteiger partial charge in [0, 0.05) is 17.0 Å². The summed E-state index contributed by atoms with van der Waals surface area (Å²) >= 11 is 1.78. The molecule has 0 spiro atoms. The highest BCUT2D eigenvalue weighted by atomic mass is 32.1. The molecule has 0 fully saturated rings. The van der Waals surface area contributed by atoms with Crippen molar-refractivity contribution in [1.82, 2.24) is 4.90 Å². The van der Waals surface area contributed by atoms with E-state index in [1.807, 2.05) is 19.1 Å². The molecule has 3 atom stereocenters. The summed E-state index contributed by atoms with van der Waals surface area (Å²) in [5.74, 6) is 1.90. The molecule has 0 saturated carbocycles. The third-order valence-corrected chi connectivity index (χ3v) is 4.98. The van der Waals surface area contributed by atoms with Gasteiger partial charge in [-0.3, -0.25) is 4.90 Å². The molecule has 2 aromatic heterocycles. The normalized spacial score (nSPS) is 16.3. The Morgan fingerprint density at radius 1 is 1.35 bits per heavy atom. The first-order valence-electron chi connectivity index (χ1n) is 7.11. The number of rotatable bonds is 6. The van der Waals surface area contributed by atoms with Crippen molar-refractivity contribution in [2.45, 2.75) is 45.3 Å². The van der Waals surface area contributed by atoms with E-state index in [1.165, 1.54) is 4.88 Å². The molecule has 0 amide bonds. The number of nitrogens with two attached hydrogens (primary N) is 1. The monoisotopic (exact) mass is 292 g/mol. The molecule has 0 aliphatic rings. The summed E-state index contributed by atoms with van der Waals surface area (Å²) in [4.78, 5) is 3.67. The molecule has 3 unspecified atom stereocenters. The zero-order chi connectivity index (χ0) is 14.7. The van der Waals surface area contributed by atoms with Gasteiger partial charge in [-0.05, 0) is 50.9 Å². The fourth-order valence-electron chi connectivity index (χ4n) is 2.52. The average molecular weight is 292 g/mol. The van der Waals surface area contributed by atoms with Crippen LogP contribution in [0.4, 0.5) is 0 Å². The number of aryl methyl sites for hydroxylation is 1. The van der Waals surface area contributed by atoms with Gasteiger partial charge in [-0.2, -0.15) is 0 Å². The maximum absolute atomic E-state index is 6.35. The van der Waals surface area contributed by atoms with Gasteiger partial charge in [-0.15, -0.1) is 11.3 Å². The first-order chi connectivity index (χ1) is 9.54. The van der Waals surface area contributed by atoms with Crippen LogP contribution in [-0.2, 0) is 0 Å². The minimum atomic E-state index is 0.0629. The van der Waals surface area contributed by atoms with Gasteiger partial charge < -0.3 is 10.2 Å². The lowest BCUT2D eigenvalue weighted by Gasteiger charge is -2.34. The van der Waals surface area contributed by atoms with E-state index >= 15 is 0 Å². The number of hydrogen-bond donors (Lipinski definition) is 1. The summed E-state index contributed by atoms with van der Waals surface area (Å²) in [6, 6.07) is 8.81. The number of nitrogens with zero attached hydrogens (tertiary/aromatic N) is 1. The Morgan fingerprint density at radius 3 is 2.60 bits per heavy atom. The predicted molar refractivity (Wildman–Crippen MR) is 84.9 cm³/mol. The second-order valence-corrected chi connectivity index (χ2v) is 6.30. The second-order valence-electron chi connectivity index (χ2n) is 5.32. The van der Waals surface area contributed by atoms with Crippen LogP contribution in [0.15, 0.2) is 34.1 Å². The Kier molecular flexibility index (Phi) is 5.02. The standard InChI is InChI=1S/C16H24N2OS/c1-5-13(17)16(14-9-8-11(2)19-14)18(4)12(3)15-7-6-10-20-15/h6-10,12-13,16H,5,17H2,1-4H3. The molecule has 0 saturated heterocycles. The van der Waals surface area contributed by atoms with Gasteiger partial charge in [0.25, 0.3) is 0 Å². The van der Waals surface area contributed by atoms with Crippen LogP contribution < -0.4 is 5.73 Å². The lowest BCUT2D eigenvalue weighted by Crippen LogP contribution is -2.39. The van der Waals surface area contributed by atoms with Gasteiger partial charge >= 0.3 is 0 Å². The van der Waals surface area contributed by atoms with E-state index in [4.69, 9.17) is 10.2 Å². The summed E-state index contributed by atoms with van der Waals surface area (Å²) in [5.41, 5.74) is 6.35. The molecule has 0 aliphatic carbocycles. The molecule has 20 heavy (non-hydrogen) atoms. The third-order valence-electron chi connectivity index (χ3n) is 3.93. The number of furan rings is 1. The number of hydrogen-bond acceptors (Lipinski definition) is 4. The van der Waals surface area contributed by atoms with Crippen molar-refractivity contribution in [3.8, 4) is 0 Å². The Hall–Kier alpha value is -1.10. The second kappa shape index (κ2) is 6.57. The molecule has 0 bridgehead atoms. The molecule has 0 aliphatic heterocycles. The maximum atomic E-state index is 6.35. The van der Waals surface area contributed by atoms with Gasteiger partial charge in [0.2, 0.25) is 0 Å². The minimum Gasteiger partial charge on any atom is -0.465 e. The Balaban J connectivity index is 2.26. The zero-order valence-electron chi connectivity index (χ0n) is 12.7. The fourth-order valence-corrected chi connectivity index (χ4v) is 3.35. The van der Waals surface area contributed by atoms with Crippen LogP contribution in [0.5, 0.6) is 0 Å². The van der Waals surface area contributed by atoms with Crippen LogP contribution in [-0.4, -0.2) is 18.0 Å². The van der Waals surface area contributed by atoms with Crippen molar-refractivity contribution in [1.29, 1.82) is 0 Å². The van der Waals surface area contributed by atoms with E-state index in [1.54, 1.807) is 11.3 Å². The minimum absolute atomic E-state index is 0.0629. The first kappa shape index (κ1) is 15.3. The highest BCUT2D eigenvalue weighted by molar-refractivity contribution is 7.10. The van der Waals surface area contributed by atoms with Crippen LogP contribution in [0.3, 0.4) is 0 Å². The molecular weight excluding hydrogens is 268 g/mol. The summed E-state index contributed by atoms with van der Waals surface area (Å²) in [6.07, 6.45) is 0.923. The van der Waals surface area contributed by atoms with E-state index in [0.29, 0.717) is 6.04 Å². The van der Waals surface area contributed by atoms with Crippen LogP contribution in [0, 0.1) is 6.92 Å². The molecule has 2 N–H and O–H groups in total. The highest BCUT2D eigenvalue weighted by Crippen LogP contribution is 2.33. The molecule has 2 aromatic rings. The van der Waals surface area contributed by atoms with E-state index < -0.39 is 0 Å². The predicted octanol–water partition coefficient (Wildman–Crippen LogP) is 4.12. The van der Waals surface area contributed by atoms with Crippen molar-refractivity contribution in [3.63, 3.8) is 0 Å². The molecular formula is C16H24N2OS. The molecule has 4 heteroatoms. The first-order valence-corrected chi connectivity index (χ1v) is 7.99. The van der Waals surface area contributed by atoms with Crippen molar-refractivity contribution in [2.75, 3.05) is 7.05 Å². The van der Waals surface area contributed by atoms with Gasteiger partial charge in [0.15, 0.2) is 0 Å². The van der Waals surface area contributed by atoms with E-state index in [9.17, 15) is 0 Å². The van der Waals surface area contributed by atoms with E-state index in [2.05, 4.69) is 43.3 Å². The molecule has 2 rings (SSSR count). The summed E-state index contributed by atoms with van der Waals surface area (Å²) in [6.45, 7) is 6.31. The third kappa shape index (κ3) is 3.14. The van der Waals surface area contributed by atoms with Gasteiger partial charge in [0.05, 0.1) is 6.04 Å². The summed E-state index contributed by atoms with van der Waals surface area (Å²) in [7, 11) is 2.13. The largest absolute Gasteiger partial charge is 0.465 e. The molecule has 110 valence electrons. The molecule has 2 heterocycles. The van der Waals surface area contributed by atoms with Crippen molar-refractivity contribution >= 4 is 11.3 Å². The van der Waals surface area contributed by atoms with Crippen LogP contribution in [0.2, 0.25) is 0 Å². The Bertz CT molecular complexity index is 520. The van der Waals surface area contributed by atoms with Gasteiger partial charge in [0.1, 0.15) is 11.5 Å². The SMILES string of the molecule is CCC(N)C(c1ccc(C)o1)N(C)C(C)c1cccs1. The molecule has 0 aromatic carbocycles. The van der Waals surface area contributed by atoms with Crippen molar-refractivity contribution in [2.24, 2.45) is 5.73 Å². The fraction of sp³-hybridized carbons (Fsp3) is 0.500. The highest BCUT2D eigenvalue weighted by Gasteiger charge is 2.29. The lowest BCUT2D eigenvalue weighted by atomic mass is 10.0. The number of thiophene rings is 1. The number of likely N-dealkylation sites (N-methyl/N-ethyl adjacent to an activating group) is 1. The summed E-state index contributed by atoms with van der Waals surface area (Å²) in [5, 5.41) is 2.12. The zero-order valence-corrected chi connectivity index (χ0v) is 13.5. The molecule has 0 radical (unpaired) electrons. The van der Waals surface area contributed by atoms with Crippen LogP contribution >= 0.6 is 11.3 Å². The van der Waals surface area contributed by atoms with Crippen LogP contribution in [0.25, 0.3) is 0 Å². The van der Waals surface area contributed by atoms with Crippen molar-refractivity contribution < 1.29 is 4.42 Å². The molecule has 3 nitrogen and oxygen atoms in total. The van der Waals surface area contributed by atoms with E-state index in [0.717, 1.165) is 17.9 Å². The Morgan fingerprint density at radius 2 is 2.10 bits per heavy atom. The quantitative estimate of drug-likeness (QED) is 0.871. The van der Waals surface area contributed by atoms with Crippen molar-refractivity contribution in [3.05, 3.63) is 46.0 Å². The van der Waals surface area contributed by atoms with Gasteiger partial charge in [-0.25, -0.2) is 0 Å². The van der Waals surface area contributed by atoms with Gasteiger partial charge in [-0.1, -0.05) is 13.0 Å². The van der Waals surface area contributed by atoms with E-state index in [-0.39, 0.29) is 12.1 Å².